The molecule has 0 fully saturated rings. The fourth-order valence-corrected chi connectivity index (χ4v) is 2.94. The third-order valence-electron chi connectivity index (χ3n) is 4.22. The zero-order chi connectivity index (χ0) is 17.5. The van der Waals surface area contributed by atoms with Gasteiger partial charge in [0.25, 0.3) is 0 Å². The van der Waals surface area contributed by atoms with Crippen LogP contribution in [0.3, 0.4) is 0 Å². The largest absolute Gasteiger partial charge is 0.504 e. The highest BCUT2D eigenvalue weighted by molar-refractivity contribution is 5.73. The van der Waals surface area contributed by atoms with Crippen LogP contribution in [0.15, 0.2) is 48.5 Å². The lowest BCUT2D eigenvalue weighted by Gasteiger charge is -2.15. The van der Waals surface area contributed by atoms with Gasteiger partial charge in [-0.15, -0.1) is 0 Å². The van der Waals surface area contributed by atoms with E-state index in [1.165, 1.54) is 0 Å². The molecule has 0 aliphatic carbocycles. The van der Waals surface area contributed by atoms with Crippen molar-refractivity contribution in [2.75, 3.05) is 0 Å². The molecular weight excluding hydrogens is 296 g/mol. The normalized spacial score (nSPS) is 11.7. The minimum Gasteiger partial charge on any atom is -0.504 e. The summed E-state index contributed by atoms with van der Waals surface area (Å²) in [7, 11) is 0. The maximum absolute atomic E-state index is 11.0. The molecule has 3 nitrogen and oxygen atoms in total. The Kier molecular flexibility index (Phi) is 3.96. The Bertz CT molecular complexity index is 885. The average molecular weight is 320 g/mol. The number of rotatable bonds is 2. The van der Waals surface area contributed by atoms with Crippen molar-refractivity contribution < 1.29 is 5.11 Å². The lowest BCUT2D eigenvalue weighted by atomic mass is 9.90. The van der Waals surface area contributed by atoms with Gasteiger partial charge < -0.3 is 5.11 Å². The summed E-state index contributed by atoms with van der Waals surface area (Å²) in [5.41, 5.74) is 5.46. The van der Waals surface area contributed by atoms with E-state index in [4.69, 9.17) is 5.10 Å². The van der Waals surface area contributed by atoms with Crippen molar-refractivity contribution in [3.63, 3.8) is 0 Å². The number of hydrogen-bond acceptors (Lipinski definition) is 2. The molecule has 1 heterocycles. The van der Waals surface area contributed by atoms with Gasteiger partial charge in [0, 0.05) is 11.0 Å². The molecule has 2 aromatic carbocycles. The summed E-state index contributed by atoms with van der Waals surface area (Å²) in [6.07, 6.45) is 0. The number of aromatic hydroxyl groups is 1. The molecule has 0 amide bonds. The highest BCUT2D eigenvalue weighted by Crippen LogP contribution is 2.40. The Hall–Kier alpha value is -2.55. The summed E-state index contributed by atoms with van der Waals surface area (Å²) >= 11 is 0. The third-order valence-corrected chi connectivity index (χ3v) is 4.22. The van der Waals surface area contributed by atoms with Gasteiger partial charge in [-0.3, -0.25) is 0 Å². The van der Waals surface area contributed by atoms with Gasteiger partial charge in [0.2, 0.25) is 0 Å². The zero-order valence-corrected chi connectivity index (χ0v) is 15.0. The molecule has 0 unspecified atom stereocenters. The molecule has 124 valence electrons. The predicted octanol–water partition coefficient (Wildman–Crippen LogP) is 5.16. The van der Waals surface area contributed by atoms with Crippen molar-refractivity contribution >= 4 is 0 Å². The molecule has 24 heavy (non-hydrogen) atoms. The average Bonchev–Trinajstić information content (AvgIpc) is 2.85. The molecule has 3 heteroatoms. The van der Waals surface area contributed by atoms with Gasteiger partial charge in [0.05, 0.1) is 5.69 Å². The Morgan fingerprint density at radius 1 is 0.958 bits per heavy atom. The Morgan fingerprint density at radius 3 is 2.29 bits per heavy atom. The first-order valence-electron chi connectivity index (χ1n) is 8.24. The van der Waals surface area contributed by atoms with Crippen LogP contribution in [-0.2, 0) is 5.41 Å². The molecule has 0 radical (unpaired) electrons. The van der Waals surface area contributed by atoms with Gasteiger partial charge >= 0.3 is 0 Å². The van der Waals surface area contributed by atoms with E-state index in [1.807, 2.05) is 35.0 Å². The monoisotopic (exact) mass is 320 g/mol. The molecular formula is C21H24N2O. The molecule has 0 aliphatic rings. The van der Waals surface area contributed by atoms with Crippen LogP contribution >= 0.6 is 0 Å². The van der Waals surface area contributed by atoms with Crippen LogP contribution in [0.5, 0.6) is 5.75 Å². The summed E-state index contributed by atoms with van der Waals surface area (Å²) in [5, 5.41) is 15.7. The molecule has 0 spiro atoms. The van der Waals surface area contributed by atoms with E-state index in [1.54, 1.807) is 0 Å². The van der Waals surface area contributed by atoms with E-state index >= 15 is 0 Å². The minimum absolute atomic E-state index is 0.239. The van der Waals surface area contributed by atoms with Crippen molar-refractivity contribution in [3.8, 4) is 22.7 Å². The lowest BCUT2D eigenvalue weighted by Crippen LogP contribution is -2.13. The van der Waals surface area contributed by atoms with Gasteiger partial charge in [-0.25, -0.2) is 4.68 Å². The molecule has 0 atom stereocenters. The summed E-state index contributed by atoms with van der Waals surface area (Å²) in [6.45, 7) is 10.3. The molecule has 1 N–H and O–H groups in total. The maximum Gasteiger partial charge on any atom is 0.166 e. The second-order valence-electron chi connectivity index (χ2n) is 7.36. The van der Waals surface area contributed by atoms with E-state index in [0.29, 0.717) is 5.69 Å². The summed E-state index contributed by atoms with van der Waals surface area (Å²) in [6, 6.07) is 16.3. The van der Waals surface area contributed by atoms with Crippen LogP contribution in [0.4, 0.5) is 0 Å². The lowest BCUT2D eigenvalue weighted by molar-refractivity contribution is 0.445. The van der Waals surface area contributed by atoms with Crippen LogP contribution in [-0.4, -0.2) is 14.9 Å². The van der Waals surface area contributed by atoms with Crippen LogP contribution in [0.2, 0.25) is 0 Å². The second kappa shape index (κ2) is 5.82. The number of nitrogens with zero attached hydrogens (tertiary/aromatic N) is 2. The van der Waals surface area contributed by atoms with Crippen LogP contribution in [0.1, 0.15) is 37.6 Å². The van der Waals surface area contributed by atoms with Crippen molar-refractivity contribution in [3.05, 3.63) is 65.4 Å². The Labute approximate surface area is 143 Å². The SMILES string of the molecule is Cc1cccc(-n2nc(C(C)(C)C)c(O)c2-c2ccccc2C)c1. The molecule has 0 aliphatic heterocycles. The highest BCUT2D eigenvalue weighted by atomic mass is 16.3. The van der Waals surface area contributed by atoms with Crippen molar-refractivity contribution in [1.82, 2.24) is 9.78 Å². The molecule has 0 saturated heterocycles. The van der Waals surface area contributed by atoms with Crippen LogP contribution in [0, 0.1) is 13.8 Å². The van der Waals surface area contributed by atoms with E-state index < -0.39 is 0 Å². The van der Waals surface area contributed by atoms with E-state index in [-0.39, 0.29) is 11.2 Å². The summed E-state index contributed by atoms with van der Waals surface area (Å²) in [5.74, 6) is 0.262. The topological polar surface area (TPSA) is 38.0 Å². The van der Waals surface area contributed by atoms with Crippen molar-refractivity contribution in [2.45, 2.75) is 40.0 Å². The Balaban J connectivity index is 2.34. The fourth-order valence-electron chi connectivity index (χ4n) is 2.94. The molecule has 0 saturated carbocycles. The van der Waals surface area contributed by atoms with Crippen LogP contribution in [0.25, 0.3) is 16.9 Å². The Morgan fingerprint density at radius 2 is 1.67 bits per heavy atom. The number of aromatic nitrogens is 2. The molecule has 1 aromatic heterocycles. The van der Waals surface area contributed by atoms with Crippen molar-refractivity contribution in [2.24, 2.45) is 0 Å². The van der Waals surface area contributed by atoms with Crippen molar-refractivity contribution in [1.29, 1.82) is 0 Å². The predicted molar refractivity (Wildman–Crippen MR) is 98.8 cm³/mol. The van der Waals surface area contributed by atoms with E-state index in [0.717, 1.165) is 28.1 Å². The summed E-state index contributed by atoms with van der Waals surface area (Å²) < 4.78 is 1.87. The van der Waals surface area contributed by atoms with Gasteiger partial charge in [0.1, 0.15) is 11.4 Å². The maximum atomic E-state index is 11.0. The molecule has 0 bridgehead atoms. The minimum atomic E-state index is -0.239. The first-order valence-corrected chi connectivity index (χ1v) is 8.24. The van der Waals surface area contributed by atoms with Gasteiger partial charge in [-0.1, -0.05) is 57.2 Å². The van der Waals surface area contributed by atoms with Crippen LogP contribution < -0.4 is 0 Å². The highest BCUT2D eigenvalue weighted by Gasteiger charge is 2.28. The fraction of sp³-hybridized carbons (Fsp3) is 0.286. The standard InChI is InChI=1S/C21H24N2O/c1-14-9-8-11-16(13-14)23-18(17-12-7-6-10-15(17)2)19(24)20(22-23)21(3,4)5/h6-13,24H,1-5H3. The third kappa shape index (κ3) is 2.82. The van der Waals surface area contributed by atoms with Gasteiger partial charge in [-0.05, 0) is 37.1 Å². The quantitative estimate of drug-likeness (QED) is 0.708. The zero-order valence-electron chi connectivity index (χ0n) is 15.0. The number of aryl methyl sites for hydroxylation is 2. The second-order valence-corrected chi connectivity index (χ2v) is 7.36. The van der Waals surface area contributed by atoms with E-state index in [2.05, 4.69) is 52.8 Å². The van der Waals surface area contributed by atoms with Gasteiger partial charge in [0.15, 0.2) is 5.75 Å². The smallest absolute Gasteiger partial charge is 0.166 e. The first kappa shape index (κ1) is 16.3. The first-order chi connectivity index (χ1) is 11.3. The molecule has 3 rings (SSSR count). The summed E-state index contributed by atoms with van der Waals surface area (Å²) in [4.78, 5) is 0. The molecule has 3 aromatic rings. The number of hydrogen-bond donors (Lipinski definition) is 1. The van der Waals surface area contributed by atoms with E-state index in [9.17, 15) is 5.11 Å². The van der Waals surface area contributed by atoms with Gasteiger partial charge in [-0.2, -0.15) is 5.10 Å². The number of benzene rings is 2.